The van der Waals surface area contributed by atoms with Gasteiger partial charge in [0.2, 0.25) is 0 Å². The smallest absolute Gasteiger partial charge is 0.137 e. The predicted molar refractivity (Wildman–Crippen MR) is 59.9 cm³/mol. The SMILES string of the molecule is O=C1CC[C@@]2(CCCO2)[C@@H]2[C@H]1[C@@H]1C=C[C@H]2C1. The predicted octanol–water partition coefficient (Wildman–Crippen LogP) is 2.34. The number of ether oxygens (including phenoxy) is 1. The Morgan fingerprint density at radius 3 is 2.94 bits per heavy atom. The number of allylic oxidation sites excluding steroid dienone is 2. The van der Waals surface area contributed by atoms with Gasteiger partial charge in [-0.1, -0.05) is 12.2 Å². The lowest BCUT2D eigenvalue weighted by Gasteiger charge is -2.45. The average Bonchev–Trinajstić information content (AvgIpc) is 2.99. The number of carbonyl (C=O) groups is 1. The zero-order valence-electron chi connectivity index (χ0n) is 9.52. The average molecular weight is 218 g/mol. The molecule has 3 aliphatic carbocycles. The lowest BCUT2D eigenvalue weighted by molar-refractivity contribution is -0.143. The standard InChI is InChI=1S/C14H18O2/c15-11-4-6-14(5-1-7-16-14)13-10-3-2-9(8-10)12(11)13/h2-3,9-10,12-13H,1,4-8H2/t9-,10+,12+,13+,14+/m1/s1. The molecule has 1 heterocycles. The summed E-state index contributed by atoms with van der Waals surface area (Å²) in [7, 11) is 0. The fourth-order valence-electron chi connectivity index (χ4n) is 4.83. The summed E-state index contributed by atoms with van der Waals surface area (Å²) in [6.45, 7) is 0.915. The molecule has 86 valence electrons. The lowest BCUT2D eigenvalue weighted by atomic mass is 9.63. The molecule has 0 N–H and O–H groups in total. The summed E-state index contributed by atoms with van der Waals surface area (Å²) < 4.78 is 6.11. The van der Waals surface area contributed by atoms with Crippen molar-refractivity contribution in [3.63, 3.8) is 0 Å². The maximum absolute atomic E-state index is 12.1. The maximum Gasteiger partial charge on any atom is 0.137 e. The van der Waals surface area contributed by atoms with E-state index in [4.69, 9.17) is 4.74 Å². The van der Waals surface area contributed by atoms with E-state index in [9.17, 15) is 4.79 Å². The van der Waals surface area contributed by atoms with E-state index in [2.05, 4.69) is 12.2 Å². The molecule has 1 spiro atoms. The number of carbonyl (C=O) groups excluding carboxylic acids is 1. The van der Waals surface area contributed by atoms with Gasteiger partial charge in [0.05, 0.1) is 5.60 Å². The molecule has 0 aromatic heterocycles. The molecule has 2 nitrogen and oxygen atoms in total. The van der Waals surface area contributed by atoms with E-state index < -0.39 is 0 Å². The molecule has 0 amide bonds. The molecular weight excluding hydrogens is 200 g/mol. The largest absolute Gasteiger partial charge is 0.375 e. The van der Waals surface area contributed by atoms with Crippen molar-refractivity contribution in [1.82, 2.24) is 0 Å². The van der Waals surface area contributed by atoms with E-state index >= 15 is 0 Å². The third kappa shape index (κ3) is 0.994. The van der Waals surface area contributed by atoms with Crippen LogP contribution in [0.1, 0.15) is 32.1 Å². The summed E-state index contributed by atoms with van der Waals surface area (Å²) in [4.78, 5) is 12.1. The van der Waals surface area contributed by atoms with Gasteiger partial charge in [-0.3, -0.25) is 4.79 Å². The van der Waals surface area contributed by atoms with Gasteiger partial charge in [-0.05, 0) is 37.5 Å². The highest BCUT2D eigenvalue weighted by atomic mass is 16.5. The van der Waals surface area contributed by atoms with Crippen LogP contribution in [0.2, 0.25) is 0 Å². The van der Waals surface area contributed by atoms with E-state index in [1.54, 1.807) is 0 Å². The third-order valence-electron chi connectivity index (χ3n) is 5.37. The first-order valence-corrected chi connectivity index (χ1v) is 6.65. The molecule has 0 radical (unpaired) electrons. The number of rotatable bonds is 0. The van der Waals surface area contributed by atoms with Crippen LogP contribution in [0, 0.1) is 23.7 Å². The van der Waals surface area contributed by atoms with Crippen LogP contribution in [0.5, 0.6) is 0 Å². The van der Waals surface area contributed by atoms with Crippen LogP contribution in [-0.4, -0.2) is 18.0 Å². The second-order valence-corrected chi connectivity index (χ2v) is 5.98. The molecule has 4 rings (SSSR count). The van der Waals surface area contributed by atoms with E-state index in [1.807, 2.05) is 0 Å². The Hall–Kier alpha value is -0.630. The topological polar surface area (TPSA) is 26.3 Å². The quantitative estimate of drug-likeness (QED) is 0.583. The van der Waals surface area contributed by atoms with Crippen molar-refractivity contribution in [2.45, 2.75) is 37.7 Å². The molecule has 16 heavy (non-hydrogen) atoms. The molecule has 5 atom stereocenters. The third-order valence-corrected chi connectivity index (χ3v) is 5.37. The number of hydrogen-bond donors (Lipinski definition) is 0. The van der Waals surface area contributed by atoms with Crippen molar-refractivity contribution in [1.29, 1.82) is 0 Å². The van der Waals surface area contributed by atoms with Crippen molar-refractivity contribution in [3.05, 3.63) is 12.2 Å². The van der Waals surface area contributed by atoms with Crippen molar-refractivity contribution >= 4 is 5.78 Å². The van der Waals surface area contributed by atoms with Crippen LogP contribution in [0.15, 0.2) is 12.2 Å². The fourth-order valence-corrected chi connectivity index (χ4v) is 4.83. The first kappa shape index (κ1) is 9.41. The van der Waals surface area contributed by atoms with Gasteiger partial charge in [-0.15, -0.1) is 0 Å². The molecule has 2 heteroatoms. The van der Waals surface area contributed by atoms with Gasteiger partial charge in [0.1, 0.15) is 5.78 Å². The molecule has 0 aromatic carbocycles. The Morgan fingerprint density at radius 2 is 2.12 bits per heavy atom. The van der Waals surface area contributed by atoms with Crippen LogP contribution in [0.25, 0.3) is 0 Å². The zero-order valence-corrected chi connectivity index (χ0v) is 9.52. The molecule has 2 bridgehead atoms. The van der Waals surface area contributed by atoms with Crippen LogP contribution in [0.3, 0.4) is 0 Å². The second kappa shape index (κ2) is 2.98. The fraction of sp³-hybridized carbons (Fsp3) is 0.786. The number of Topliss-reactive ketones (excluding diaryl/α,β-unsaturated/α-hetero) is 1. The van der Waals surface area contributed by atoms with Gasteiger partial charge in [0.15, 0.2) is 0 Å². The first-order valence-electron chi connectivity index (χ1n) is 6.65. The summed E-state index contributed by atoms with van der Waals surface area (Å²) in [5.41, 5.74) is 0.0861. The minimum absolute atomic E-state index is 0.0861. The van der Waals surface area contributed by atoms with Gasteiger partial charge in [-0.25, -0.2) is 0 Å². The normalized spacial score (nSPS) is 53.9. The minimum atomic E-state index is 0.0861. The highest BCUT2D eigenvalue weighted by Gasteiger charge is 2.60. The Kier molecular flexibility index (Phi) is 1.75. The van der Waals surface area contributed by atoms with Gasteiger partial charge in [0, 0.05) is 24.9 Å². The van der Waals surface area contributed by atoms with Gasteiger partial charge in [0.25, 0.3) is 0 Å². The Morgan fingerprint density at radius 1 is 1.25 bits per heavy atom. The van der Waals surface area contributed by atoms with Crippen LogP contribution < -0.4 is 0 Å². The molecule has 0 aromatic rings. The number of hydrogen-bond acceptors (Lipinski definition) is 2. The number of fused-ring (bicyclic) bond motifs is 6. The molecule has 2 saturated carbocycles. The zero-order chi connectivity index (χ0) is 10.8. The minimum Gasteiger partial charge on any atom is -0.375 e. The van der Waals surface area contributed by atoms with Crippen molar-refractivity contribution < 1.29 is 9.53 Å². The lowest BCUT2D eigenvalue weighted by Crippen LogP contribution is -2.50. The molecule has 0 unspecified atom stereocenters. The Bertz CT molecular complexity index is 365. The van der Waals surface area contributed by atoms with E-state index in [1.165, 1.54) is 19.3 Å². The Labute approximate surface area is 96.0 Å². The molecular formula is C14H18O2. The summed E-state index contributed by atoms with van der Waals surface area (Å²) in [5, 5.41) is 0. The van der Waals surface area contributed by atoms with Crippen molar-refractivity contribution in [2.75, 3.05) is 6.61 Å². The molecule has 4 aliphatic rings. The van der Waals surface area contributed by atoms with E-state index in [0.29, 0.717) is 29.5 Å². The van der Waals surface area contributed by atoms with Crippen molar-refractivity contribution in [3.8, 4) is 0 Å². The summed E-state index contributed by atoms with van der Waals surface area (Å²) >= 11 is 0. The summed E-state index contributed by atoms with van der Waals surface area (Å²) in [6.07, 6.45) is 10.00. The maximum atomic E-state index is 12.1. The van der Waals surface area contributed by atoms with Gasteiger partial charge in [-0.2, -0.15) is 0 Å². The van der Waals surface area contributed by atoms with Crippen LogP contribution in [0.4, 0.5) is 0 Å². The van der Waals surface area contributed by atoms with E-state index in [0.717, 1.165) is 19.4 Å². The summed E-state index contributed by atoms with van der Waals surface area (Å²) in [5.74, 6) is 2.53. The van der Waals surface area contributed by atoms with Crippen LogP contribution in [-0.2, 0) is 9.53 Å². The van der Waals surface area contributed by atoms with Gasteiger partial charge >= 0.3 is 0 Å². The monoisotopic (exact) mass is 218 g/mol. The molecule has 3 fully saturated rings. The number of ketones is 1. The Balaban J connectivity index is 1.77. The highest BCUT2D eigenvalue weighted by Crippen LogP contribution is 2.59. The molecule has 1 aliphatic heterocycles. The van der Waals surface area contributed by atoms with E-state index in [-0.39, 0.29) is 5.60 Å². The van der Waals surface area contributed by atoms with Gasteiger partial charge < -0.3 is 4.74 Å². The molecule has 1 saturated heterocycles. The highest BCUT2D eigenvalue weighted by molar-refractivity contribution is 5.84. The van der Waals surface area contributed by atoms with Crippen molar-refractivity contribution in [2.24, 2.45) is 23.7 Å². The second-order valence-electron chi connectivity index (χ2n) is 5.98. The van der Waals surface area contributed by atoms with Crippen LogP contribution >= 0.6 is 0 Å². The summed E-state index contributed by atoms with van der Waals surface area (Å²) in [6, 6.07) is 0. The first-order chi connectivity index (χ1) is 7.80.